The zero-order valence-corrected chi connectivity index (χ0v) is 16.4. The van der Waals surface area contributed by atoms with Crippen LogP contribution in [0.2, 0.25) is 0 Å². The maximum atomic E-state index is 12.7. The van der Waals surface area contributed by atoms with Crippen LogP contribution in [0.1, 0.15) is 23.2 Å². The van der Waals surface area contributed by atoms with Gasteiger partial charge in [0.1, 0.15) is 0 Å². The summed E-state index contributed by atoms with van der Waals surface area (Å²) in [7, 11) is 0.392. The third-order valence-electron chi connectivity index (χ3n) is 4.79. The molecule has 7 heteroatoms. The van der Waals surface area contributed by atoms with Crippen molar-refractivity contribution in [3.05, 3.63) is 60.2 Å². The maximum absolute atomic E-state index is 12.7. The third kappa shape index (κ3) is 4.67. The lowest BCUT2D eigenvalue weighted by Crippen LogP contribution is -2.46. The van der Waals surface area contributed by atoms with Crippen molar-refractivity contribution in [2.75, 3.05) is 32.1 Å². The Morgan fingerprint density at radius 3 is 2.15 bits per heavy atom. The van der Waals surface area contributed by atoms with E-state index >= 15 is 0 Å². The molecule has 1 heterocycles. The minimum Gasteiger partial charge on any atom is -0.378 e. The second-order valence-electron chi connectivity index (χ2n) is 6.94. The van der Waals surface area contributed by atoms with E-state index in [-0.39, 0.29) is 16.8 Å². The Labute approximate surface area is 160 Å². The number of anilines is 1. The SMILES string of the molecule is CN(C)c1ccc(C(=O)N2CCC(NS(=O)(=O)c3ccccc3)CC2)cc1. The molecule has 6 nitrogen and oxygen atoms in total. The maximum Gasteiger partial charge on any atom is 0.253 e. The molecular weight excluding hydrogens is 362 g/mol. The lowest BCUT2D eigenvalue weighted by molar-refractivity contribution is 0.0711. The summed E-state index contributed by atoms with van der Waals surface area (Å²) in [5.74, 6) is -0.00956. The van der Waals surface area contributed by atoms with Crippen LogP contribution < -0.4 is 9.62 Å². The molecule has 0 unspecified atom stereocenters. The summed E-state index contributed by atoms with van der Waals surface area (Å²) in [6.45, 7) is 1.08. The molecule has 0 aromatic heterocycles. The highest BCUT2D eigenvalue weighted by Crippen LogP contribution is 2.18. The van der Waals surface area contributed by atoms with E-state index in [0.717, 1.165) is 5.69 Å². The highest BCUT2D eigenvalue weighted by Gasteiger charge is 2.27. The third-order valence-corrected chi connectivity index (χ3v) is 6.32. The van der Waals surface area contributed by atoms with Gasteiger partial charge in [0.2, 0.25) is 10.0 Å². The topological polar surface area (TPSA) is 69.7 Å². The summed E-state index contributed by atoms with van der Waals surface area (Å²) >= 11 is 0. The molecule has 0 atom stereocenters. The minimum absolute atomic E-state index is 0.00956. The zero-order valence-electron chi connectivity index (χ0n) is 15.6. The van der Waals surface area contributed by atoms with Crippen LogP contribution in [0.4, 0.5) is 5.69 Å². The molecule has 1 N–H and O–H groups in total. The molecule has 2 aromatic carbocycles. The zero-order chi connectivity index (χ0) is 19.4. The van der Waals surface area contributed by atoms with Crippen LogP contribution in [-0.2, 0) is 10.0 Å². The summed E-state index contributed by atoms with van der Waals surface area (Å²) in [5.41, 5.74) is 1.70. The van der Waals surface area contributed by atoms with Crippen LogP contribution in [0.3, 0.4) is 0 Å². The number of likely N-dealkylation sites (tertiary alicyclic amines) is 1. The van der Waals surface area contributed by atoms with Gasteiger partial charge in [-0.2, -0.15) is 0 Å². The average molecular weight is 388 g/mol. The molecular formula is C20H25N3O3S. The molecule has 1 saturated heterocycles. The first-order chi connectivity index (χ1) is 12.9. The second-order valence-corrected chi connectivity index (χ2v) is 8.66. The Hall–Kier alpha value is -2.38. The number of rotatable bonds is 5. The van der Waals surface area contributed by atoms with Crippen LogP contribution >= 0.6 is 0 Å². The number of hydrogen-bond acceptors (Lipinski definition) is 4. The molecule has 1 amide bonds. The average Bonchev–Trinajstić information content (AvgIpc) is 2.68. The first-order valence-corrected chi connectivity index (χ1v) is 10.5. The van der Waals surface area contributed by atoms with Crippen molar-refractivity contribution in [1.82, 2.24) is 9.62 Å². The standard InChI is InChI=1S/C20H25N3O3S/c1-22(2)18-10-8-16(9-11-18)20(24)23-14-12-17(13-15-23)21-27(25,26)19-6-4-3-5-7-19/h3-11,17,21H,12-15H2,1-2H3. The molecule has 1 aliphatic heterocycles. The smallest absolute Gasteiger partial charge is 0.253 e. The summed E-state index contributed by atoms with van der Waals surface area (Å²) in [5, 5.41) is 0. The molecule has 1 fully saturated rings. The Kier molecular flexibility index (Phi) is 5.82. The molecule has 0 bridgehead atoms. The Morgan fingerprint density at radius 2 is 1.59 bits per heavy atom. The van der Waals surface area contributed by atoms with Gasteiger partial charge in [0.05, 0.1) is 4.90 Å². The number of carbonyl (C=O) groups is 1. The van der Waals surface area contributed by atoms with E-state index in [1.54, 1.807) is 35.2 Å². The van der Waals surface area contributed by atoms with Crippen molar-refractivity contribution in [1.29, 1.82) is 0 Å². The van der Waals surface area contributed by atoms with Crippen LogP contribution in [0.15, 0.2) is 59.5 Å². The Bertz CT molecular complexity index is 872. The molecule has 144 valence electrons. The number of piperidine rings is 1. The normalized spacial score (nSPS) is 15.6. The summed E-state index contributed by atoms with van der Waals surface area (Å²) in [6.07, 6.45) is 1.21. The Morgan fingerprint density at radius 1 is 1.00 bits per heavy atom. The van der Waals surface area contributed by atoms with Gasteiger partial charge in [-0.25, -0.2) is 13.1 Å². The number of sulfonamides is 1. The molecule has 0 spiro atoms. The molecule has 0 aliphatic carbocycles. The van der Waals surface area contributed by atoms with Crippen LogP contribution in [-0.4, -0.2) is 52.5 Å². The van der Waals surface area contributed by atoms with Crippen molar-refractivity contribution in [2.45, 2.75) is 23.8 Å². The molecule has 3 rings (SSSR count). The quantitative estimate of drug-likeness (QED) is 0.855. The molecule has 0 radical (unpaired) electrons. The molecule has 27 heavy (non-hydrogen) atoms. The van der Waals surface area contributed by atoms with E-state index in [0.29, 0.717) is 31.5 Å². The van der Waals surface area contributed by atoms with Crippen molar-refractivity contribution in [3.8, 4) is 0 Å². The largest absolute Gasteiger partial charge is 0.378 e. The van der Waals surface area contributed by atoms with E-state index in [9.17, 15) is 13.2 Å². The van der Waals surface area contributed by atoms with Crippen LogP contribution in [0.5, 0.6) is 0 Å². The van der Waals surface area contributed by atoms with E-state index in [1.807, 2.05) is 43.3 Å². The van der Waals surface area contributed by atoms with Gasteiger partial charge in [-0.1, -0.05) is 18.2 Å². The van der Waals surface area contributed by atoms with Crippen molar-refractivity contribution in [2.24, 2.45) is 0 Å². The first-order valence-electron chi connectivity index (χ1n) is 9.01. The lowest BCUT2D eigenvalue weighted by Gasteiger charge is -2.32. The van der Waals surface area contributed by atoms with Gasteiger partial charge in [0, 0.05) is 44.5 Å². The molecule has 2 aromatic rings. The second kappa shape index (κ2) is 8.10. The number of benzene rings is 2. The first kappa shape index (κ1) is 19.4. The molecule has 0 saturated carbocycles. The van der Waals surface area contributed by atoms with Gasteiger partial charge in [-0.3, -0.25) is 4.79 Å². The Balaban J connectivity index is 1.58. The lowest BCUT2D eigenvalue weighted by atomic mass is 10.0. The van der Waals surface area contributed by atoms with Gasteiger partial charge in [0.25, 0.3) is 5.91 Å². The van der Waals surface area contributed by atoms with E-state index in [4.69, 9.17) is 0 Å². The van der Waals surface area contributed by atoms with Gasteiger partial charge >= 0.3 is 0 Å². The van der Waals surface area contributed by atoms with Crippen LogP contribution in [0.25, 0.3) is 0 Å². The summed E-state index contributed by atoms with van der Waals surface area (Å²) < 4.78 is 27.6. The number of carbonyl (C=O) groups excluding carboxylic acids is 1. The summed E-state index contributed by atoms with van der Waals surface area (Å²) in [4.78, 5) is 16.7. The van der Waals surface area contributed by atoms with E-state index < -0.39 is 10.0 Å². The van der Waals surface area contributed by atoms with E-state index in [1.165, 1.54) is 0 Å². The van der Waals surface area contributed by atoms with Crippen molar-refractivity contribution < 1.29 is 13.2 Å². The fourth-order valence-corrected chi connectivity index (χ4v) is 4.50. The fourth-order valence-electron chi connectivity index (χ4n) is 3.17. The summed E-state index contributed by atoms with van der Waals surface area (Å²) in [6, 6.07) is 15.7. The predicted molar refractivity (Wildman–Crippen MR) is 106 cm³/mol. The highest BCUT2D eigenvalue weighted by molar-refractivity contribution is 7.89. The van der Waals surface area contributed by atoms with Gasteiger partial charge in [0.15, 0.2) is 0 Å². The fraction of sp³-hybridized carbons (Fsp3) is 0.350. The van der Waals surface area contributed by atoms with Gasteiger partial charge in [-0.05, 0) is 49.2 Å². The minimum atomic E-state index is -3.52. The number of hydrogen-bond donors (Lipinski definition) is 1. The number of amides is 1. The molecule has 1 aliphatic rings. The number of nitrogens with one attached hydrogen (secondary N) is 1. The number of nitrogens with zero attached hydrogens (tertiary/aromatic N) is 2. The monoisotopic (exact) mass is 387 g/mol. The van der Waals surface area contributed by atoms with Crippen molar-refractivity contribution >= 4 is 21.6 Å². The van der Waals surface area contributed by atoms with Gasteiger partial charge in [-0.15, -0.1) is 0 Å². The highest BCUT2D eigenvalue weighted by atomic mass is 32.2. The van der Waals surface area contributed by atoms with E-state index in [2.05, 4.69) is 4.72 Å². The van der Waals surface area contributed by atoms with Crippen molar-refractivity contribution in [3.63, 3.8) is 0 Å². The van der Waals surface area contributed by atoms with Crippen LogP contribution in [0, 0.1) is 0 Å². The van der Waals surface area contributed by atoms with Gasteiger partial charge < -0.3 is 9.80 Å². The predicted octanol–water partition coefficient (Wildman–Crippen LogP) is 2.34.